The molecule has 0 saturated heterocycles. The van der Waals surface area contributed by atoms with E-state index in [1.165, 1.54) is 13.0 Å². The first-order chi connectivity index (χ1) is 15.9. The van der Waals surface area contributed by atoms with Crippen molar-refractivity contribution in [3.63, 3.8) is 0 Å². The molecule has 0 fully saturated rings. The highest BCUT2D eigenvalue weighted by Crippen LogP contribution is 2.44. The first kappa shape index (κ1) is 22.1. The SMILES string of the molecule is CC(=O)OCc1ccc(C(CC(=O)O)NC(=O)OCC2c3ccccc3-c3ccccc32)o1. The van der Waals surface area contributed by atoms with Crippen molar-refractivity contribution in [3.8, 4) is 11.1 Å². The van der Waals surface area contributed by atoms with Crippen molar-refractivity contribution in [3.05, 3.63) is 83.3 Å². The van der Waals surface area contributed by atoms with Crippen LogP contribution in [0.25, 0.3) is 11.1 Å². The van der Waals surface area contributed by atoms with E-state index in [-0.39, 0.29) is 24.9 Å². The Morgan fingerprint density at radius 2 is 1.61 bits per heavy atom. The summed E-state index contributed by atoms with van der Waals surface area (Å²) in [7, 11) is 0. The summed E-state index contributed by atoms with van der Waals surface area (Å²) in [6.07, 6.45) is -1.15. The van der Waals surface area contributed by atoms with Crippen LogP contribution in [0.2, 0.25) is 0 Å². The van der Waals surface area contributed by atoms with Crippen molar-refractivity contribution >= 4 is 18.0 Å². The minimum Gasteiger partial charge on any atom is -0.481 e. The highest BCUT2D eigenvalue weighted by atomic mass is 16.6. The van der Waals surface area contributed by atoms with E-state index in [1.807, 2.05) is 48.5 Å². The number of carboxylic acids is 1. The monoisotopic (exact) mass is 449 g/mol. The number of carbonyl (C=O) groups excluding carboxylic acids is 2. The van der Waals surface area contributed by atoms with E-state index in [2.05, 4.69) is 5.32 Å². The molecule has 1 amide bonds. The van der Waals surface area contributed by atoms with Gasteiger partial charge in [-0.05, 0) is 34.4 Å². The van der Waals surface area contributed by atoms with Crippen molar-refractivity contribution < 1.29 is 33.4 Å². The fourth-order valence-corrected chi connectivity index (χ4v) is 4.01. The third-order valence-corrected chi connectivity index (χ3v) is 5.46. The van der Waals surface area contributed by atoms with Gasteiger partial charge in [0.05, 0.1) is 6.42 Å². The van der Waals surface area contributed by atoms with E-state index >= 15 is 0 Å². The Morgan fingerprint density at radius 3 is 2.21 bits per heavy atom. The van der Waals surface area contributed by atoms with Crippen molar-refractivity contribution in [2.75, 3.05) is 6.61 Å². The van der Waals surface area contributed by atoms with Gasteiger partial charge in [-0.15, -0.1) is 0 Å². The summed E-state index contributed by atoms with van der Waals surface area (Å²) in [5.41, 5.74) is 4.38. The first-order valence-electron chi connectivity index (χ1n) is 10.5. The number of nitrogens with one attached hydrogen (secondary N) is 1. The van der Waals surface area contributed by atoms with E-state index < -0.39 is 30.5 Å². The number of fused-ring (bicyclic) bond motifs is 3. The number of benzene rings is 2. The zero-order valence-corrected chi connectivity index (χ0v) is 17.9. The maximum absolute atomic E-state index is 12.6. The van der Waals surface area contributed by atoms with Crippen molar-refractivity contribution in [1.82, 2.24) is 5.32 Å². The summed E-state index contributed by atoms with van der Waals surface area (Å²) in [5, 5.41) is 11.8. The molecule has 1 heterocycles. The van der Waals surface area contributed by atoms with Crippen molar-refractivity contribution in [2.24, 2.45) is 0 Å². The average Bonchev–Trinajstić information content (AvgIpc) is 3.39. The summed E-state index contributed by atoms with van der Waals surface area (Å²) in [5.74, 6) is -1.12. The molecule has 4 rings (SSSR count). The molecule has 0 aliphatic heterocycles. The third kappa shape index (κ3) is 5.06. The molecule has 1 aliphatic carbocycles. The largest absolute Gasteiger partial charge is 0.481 e. The standard InChI is InChI=1S/C25H23NO7/c1-15(27)31-13-16-10-11-23(33-16)22(12-24(28)29)26-25(30)32-14-21-19-8-4-2-6-17(19)18-7-3-5-9-20(18)21/h2-11,21-22H,12-14H2,1H3,(H,26,30)(H,28,29). The fourth-order valence-electron chi connectivity index (χ4n) is 4.01. The minimum atomic E-state index is -1.11. The highest BCUT2D eigenvalue weighted by molar-refractivity contribution is 5.79. The molecular formula is C25H23NO7. The fraction of sp³-hybridized carbons (Fsp3) is 0.240. The highest BCUT2D eigenvalue weighted by Gasteiger charge is 2.30. The van der Waals surface area contributed by atoms with E-state index in [9.17, 15) is 19.5 Å². The molecule has 33 heavy (non-hydrogen) atoms. The van der Waals surface area contributed by atoms with E-state index in [4.69, 9.17) is 13.9 Å². The van der Waals surface area contributed by atoms with Gasteiger partial charge in [-0.25, -0.2) is 4.79 Å². The molecule has 8 heteroatoms. The van der Waals surface area contributed by atoms with E-state index in [0.29, 0.717) is 5.76 Å². The topological polar surface area (TPSA) is 115 Å². The van der Waals surface area contributed by atoms with Crippen LogP contribution in [0.5, 0.6) is 0 Å². The maximum atomic E-state index is 12.6. The molecular weight excluding hydrogens is 426 g/mol. The van der Waals surface area contributed by atoms with Crippen LogP contribution < -0.4 is 5.32 Å². The molecule has 1 atom stereocenters. The number of furan rings is 1. The molecule has 2 N–H and O–H groups in total. The lowest BCUT2D eigenvalue weighted by molar-refractivity contribution is -0.142. The van der Waals surface area contributed by atoms with Crippen LogP contribution in [-0.4, -0.2) is 29.7 Å². The third-order valence-electron chi connectivity index (χ3n) is 5.46. The van der Waals surface area contributed by atoms with Gasteiger partial charge >= 0.3 is 18.0 Å². The Hall–Kier alpha value is -4.07. The summed E-state index contributed by atoms with van der Waals surface area (Å²) >= 11 is 0. The van der Waals surface area contributed by atoms with Gasteiger partial charge in [0.1, 0.15) is 30.8 Å². The Bertz CT molecular complexity index is 1140. The second-order valence-corrected chi connectivity index (χ2v) is 7.70. The normalized spacial score (nSPS) is 13.0. The summed E-state index contributed by atoms with van der Waals surface area (Å²) in [6.45, 7) is 1.30. The number of esters is 1. The number of aliphatic carboxylic acids is 1. The van der Waals surface area contributed by atoms with Gasteiger partial charge in [0.2, 0.25) is 0 Å². The summed E-state index contributed by atoms with van der Waals surface area (Å²) in [6, 6.07) is 18.1. The molecule has 0 saturated carbocycles. The molecule has 8 nitrogen and oxygen atoms in total. The molecule has 2 aromatic carbocycles. The second kappa shape index (κ2) is 9.60. The van der Waals surface area contributed by atoms with Gasteiger partial charge < -0.3 is 24.3 Å². The Kier molecular flexibility index (Phi) is 6.44. The Balaban J connectivity index is 1.43. The molecule has 1 aliphatic rings. The smallest absolute Gasteiger partial charge is 0.407 e. The number of carbonyl (C=O) groups is 3. The number of alkyl carbamates (subject to hydrolysis) is 1. The van der Waals surface area contributed by atoms with Gasteiger partial charge in [-0.2, -0.15) is 0 Å². The molecule has 0 spiro atoms. The number of amides is 1. The van der Waals surface area contributed by atoms with Crippen molar-refractivity contribution in [1.29, 1.82) is 0 Å². The number of carboxylic acid groups (broad SMARTS) is 1. The number of rotatable bonds is 8. The zero-order valence-electron chi connectivity index (χ0n) is 17.9. The van der Waals surface area contributed by atoms with E-state index in [1.54, 1.807) is 6.07 Å². The lowest BCUT2D eigenvalue weighted by Gasteiger charge is -2.17. The summed E-state index contributed by atoms with van der Waals surface area (Å²) < 4.78 is 15.9. The quantitative estimate of drug-likeness (QED) is 0.490. The van der Waals surface area contributed by atoms with Gasteiger partial charge in [-0.3, -0.25) is 9.59 Å². The van der Waals surface area contributed by atoms with Crippen LogP contribution in [0.15, 0.2) is 65.1 Å². The Morgan fingerprint density at radius 1 is 0.970 bits per heavy atom. The average molecular weight is 449 g/mol. The van der Waals surface area contributed by atoms with Gasteiger partial charge in [-0.1, -0.05) is 48.5 Å². The minimum absolute atomic E-state index is 0.0833. The Labute approximate surface area is 190 Å². The molecule has 1 unspecified atom stereocenters. The van der Waals surface area contributed by atoms with Crippen LogP contribution in [-0.2, 0) is 25.7 Å². The molecule has 0 radical (unpaired) electrons. The summed E-state index contributed by atoms with van der Waals surface area (Å²) in [4.78, 5) is 34.9. The molecule has 3 aromatic rings. The van der Waals surface area contributed by atoms with Crippen LogP contribution in [0.3, 0.4) is 0 Å². The zero-order chi connectivity index (χ0) is 23.4. The van der Waals surface area contributed by atoms with Crippen LogP contribution >= 0.6 is 0 Å². The van der Waals surface area contributed by atoms with Crippen LogP contribution in [0, 0.1) is 0 Å². The predicted octanol–water partition coefficient (Wildman–Crippen LogP) is 4.40. The van der Waals surface area contributed by atoms with Crippen LogP contribution in [0.1, 0.15) is 48.0 Å². The van der Waals surface area contributed by atoms with Gasteiger partial charge in [0.25, 0.3) is 0 Å². The number of hydrogen-bond donors (Lipinski definition) is 2. The number of hydrogen-bond acceptors (Lipinski definition) is 6. The lowest BCUT2D eigenvalue weighted by atomic mass is 9.98. The molecule has 170 valence electrons. The van der Waals surface area contributed by atoms with Gasteiger partial charge in [0.15, 0.2) is 0 Å². The second-order valence-electron chi connectivity index (χ2n) is 7.70. The van der Waals surface area contributed by atoms with Crippen molar-refractivity contribution in [2.45, 2.75) is 31.9 Å². The number of ether oxygens (including phenoxy) is 2. The predicted molar refractivity (Wildman–Crippen MR) is 117 cm³/mol. The van der Waals surface area contributed by atoms with Crippen LogP contribution in [0.4, 0.5) is 4.79 Å². The van der Waals surface area contributed by atoms with E-state index in [0.717, 1.165) is 22.3 Å². The molecule has 0 bridgehead atoms. The first-order valence-corrected chi connectivity index (χ1v) is 10.5. The molecule has 1 aromatic heterocycles. The maximum Gasteiger partial charge on any atom is 0.407 e. The lowest BCUT2D eigenvalue weighted by Crippen LogP contribution is -2.31. The van der Waals surface area contributed by atoms with Gasteiger partial charge in [0, 0.05) is 12.8 Å².